The quantitative estimate of drug-likeness (QED) is 0.537. The van der Waals surface area contributed by atoms with Crippen LogP contribution in [0, 0.1) is 0 Å². The molecule has 4 rings (SSSR count). The van der Waals surface area contributed by atoms with E-state index >= 15 is 0 Å². The Morgan fingerprint density at radius 1 is 1.07 bits per heavy atom. The summed E-state index contributed by atoms with van der Waals surface area (Å²) >= 11 is 1.16. The lowest BCUT2D eigenvalue weighted by Gasteiger charge is -2.30. The number of methoxy groups -OCH3 is 2. The molecule has 2 aromatic carbocycles. The molecular formula is C18H14NO8PS-2. The number of hydrogen-bond donors (Lipinski definition) is 0. The molecule has 0 bridgehead atoms. The van der Waals surface area contributed by atoms with Crippen LogP contribution in [0.4, 0.5) is 0 Å². The van der Waals surface area contributed by atoms with Gasteiger partial charge in [-0.3, -0.25) is 0 Å². The fourth-order valence-corrected chi connectivity index (χ4v) is 4.05. The molecule has 0 fully saturated rings. The van der Waals surface area contributed by atoms with Crippen molar-refractivity contribution in [1.82, 2.24) is 4.37 Å². The molecule has 9 nitrogen and oxygen atoms in total. The van der Waals surface area contributed by atoms with Crippen molar-refractivity contribution in [2.75, 3.05) is 21.0 Å². The minimum atomic E-state index is -5.29. The number of aromatic nitrogens is 1. The van der Waals surface area contributed by atoms with E-state index in [4.69, 9.17) is 18.9 Å². The number of benzene rings is 2. The normalized spacial score (nSPS) is 12.7. The third-order valence-corrected chi connectivity index (χ3v) is 5.24. The molecule has 1 aromatic heterocycles. The summed E-state index contributed by atoms with van der Waals surface area (Å²) in [4.78, 5) is 22.5. The van der Waals surface area contributed by atoms with Crippen molar-refractivity contribution < 1.29 is 37.8 Å². The van der Waals surface area contributed by atoms with Crippen LogP contribution in [0.3, 0.4) is 0 Å². The summed E-state index contributed by atoms with van der Waals surface area (Å²) in [5, 5.41) is 1.72. The molecule has 3 aromatic rings. The average molecular weight is 435 g/mol. The summed E-state index contributed by atoms with van der Waals surface area (Å²) in [5.41, 5.74) is 2.14. The van der Waals surface area contributed by atoms with E-state index < -0.39 is 7.82 Å². The van der Waals surface area contributed by atoms with Gasteiger partial charge in [0, 0.05) is 28.1 Å². The van der Waals surface area contributed by atoms with Gasteiger partial charge in [-0.1, -0.05) is 0 Å². The summed E-state index contributed by atoms with van der Waals surface area (Å²) < 4.78 is 41.7. The molecule has 0 amide bonds. The predicted molar refractivity (Wildman–Crippen MR) is 100 cm³/mol. The fourth-order valence-electron chi connectivity index (χ4n) is 2.95. The van der Waals surface area contributed by atoms with Crippen LogP contribution in [-0.2, 0) is 4.57 Å². The second-order valence-electron chi connectivity index (χ2n) is 5.89. The molecule has 0 saturated heterocycles. The Kier molecular flexibility index (Phi) is 5.10. The summed E-state index contributed by atoms with van der Waals surface area (Å²) in [6.07, 6.45) is 0. The van der Waals surface area contributed by atoms with Gasteiger partial charge in [-0.2, -0.15) is 4.37 Å². The lowest BCUT2D eigenvalue weighted by Crippen LogP contribution is -2.18. The van der Waals surface area contributed by atoms with Gasteiger partial charge in [-0.25, -0.2) is 0 Å². The third-order valence-electron chi connectivity index (χ3n) is 4.19. The highest BCUT2D eigenvalue weighted by Gasteiger charge is 2.23. The van der Waals surface area contributed by atoms with Crippen molar-refractivity contribution in [1.29, 1.82) is 0 Å². The molecule has 2 heterocycles. The number of hydrogen-bond acceptors (Lipinski definition) is 10. The van der Waals surface area contributed by atoms with Gasteiger partial charge in [-0.15, -0.1) is 0 Å². The summed E-state index contributed by atoms with van der Waals surface area (Å²) in [6, 6.07) is 8.05. The molecule has 1 aliphatic heterocycles. The first kappa shape index (κ1) is 19.5. The average Bonchev–Trinajstić information content (AvgIpc) is 3.35. The van der Waals surface area contributed by atoms with Crippen LogP contribution in [0.1, 0.15) is 0 Å². The van der Waals surface area contributed by atoms with E-state index in [0.29, 0.717) is 45.4 Å². The van der Waals surface area contributed by atoms with Gasteiger partial charge in [0.05, 0.1) is 19.9 Å². The monoisotopic (exact) mass is 435 g/mol. The first-order valence-corrected chi connectivity index (χ1v) is 10.5. The van der Waals surface area contributed by atoms with Crippen LogP contribution in [0.25, 0.3) is 22.4 Å². The van der Waals surface area contributed by atoms with Crippen molar-refractivity contribution in [3.8, 4) is 51.1 Å². The van der Waals surface area contributed by atoms with Crippen LogP contribution in [0.5, 0.6) is 28.7 Å². The zero-order valence-electron chi connectivity index (χ0n) is 15.2. The zero-order valence-corrected chi connectivity index (χ0v) is 17.0. The van der Waals surface area contributed by atoms with E-state index in [0.717, 1.165) is 11.5 Å². The molecule has 0 radical (unpaired) electrons. The lowest BCUT2D eigenvalue weighted by molar-refractivity contribution is -0.333. The smallest absolute Gasteiger partial charge is 0.231 e. The Balaban J connectivity index is 1.85. The van der Waals surface area contributed by atoms with Crippen LogP contribution in [-0.4, -0.2) is 25.4 Å². The van der Waals surface area contributed by atoms with Gasteiger partial charge in [0.15, 0.2) is 11.5 Å². The number of phosphoric acid groups is 1. The maximum Gasteiger partial charge on any atom is 0.231 e. The number of phosphoric ester groups is 1. The van der Waals surface area contributed by atoms with Crippen molar-refractivity contribution in [3.05, 3.63) is 35.7 Å². The Labute approximate surface area is 169 Å². The van der Waals surface area contributed by atoms with E-state index in [1.807, 2.05) is 0 Å². The highest BCUT2D eigenvalue weighted by molar-refractivity contribution is 7.43. The van der Waals surface area contributed by atoms with Crippen LogP contribution < -0.4 is 33.3 Å². The molecule has 0 unspecified atom stereocenters. The Morgan fingerprint density at radius 2 is 1.90 bits per heavy atom. The second kappa shape index (κ2) is 7.57. The van der Waals surface area contributed by atoms with Crippen molar-refractivity contribution in [2.24, 2.45) is 0 Å². The van der Waals surface area contributed by atoms with Gasteiger partial charge in [-0.05, 0) is 35.8 Å². The minimum Gasteiger partial charge on any atom is -0.780 e. The fraction of sp³-hybridized carbons (Fsp3) is 0.167. The Bertz CT molecular complexity index is 1110. The van der Waals surface area contributed by atoms with Crippen LogP contribution in [0.2, 0.25) is 0 Å². The second-order valence-corrected chi connectivity index (χ2v) is 7.60. The lowest BCUT2D eigenvalue weighted by atomic mass is 10.0. The summed E-state index contributed by atoms with van der Waals surface area (Å²) in [5.74, 6) is 1.68. The standard InChI is InChI=1S/C18H16NO8PS/c1-23-11-3-4-12(14(7-11)27-28(20,21)22)13-8-29-19-17(13)10-5-15(24-2)18-16(6-10)25-9-26-18/h3-8H,9H2,1-2H3,(H2,20,21,22)/p-2. The van der Waals surface area contributed by atoms with Crippen molar-refractivity contribution in [2.45, 2.75) is 0 Å². The molecule has 0 N–H and O–H groups in total. The zero-order chi connectivity index (χ0) is 20.6. The number of fused-ring (bicyclic) bond motifs is 1. The van der Waals surface area contributed by atoms with Crippen molar-refractivity contribution >= 4 is 19.4 Å². The van der Waals surface area contributed by atoms with Crippen LogP contribution >= 0.6 is 19.4 Å². The van der Waals surface area contributed by atoms with E-state index in [1.165, 1.54) is 20.3 Å². The molecule has 0 atom stereocenters. The molecule has 0 saturated carbocycles. The first-order valence-electron chi connectivity index (χ1n) is 8.22. The SMILES string of the molecule is COc1ccc(-c2csnc2-c2cc(OC)c3c(c2)OCO3)c(OP(=O)([O-])[O-])c1. The maximum absolute atomic E-state index is 11.2. The molecule has 0 aliphatic carbocycles. The molecule has 0 spiro atoms. The van der Waals surface area contributed by atoms with Gasteiger partial charge in [0.1, 0.15) is 19.3 Å². The predicted octanol–water partition coefficient (Wildman–Crippen LogP) is 2.43. The first-order chi connectivity index (χ1) is 13.9. The largest absolute Gasteiger partial charge is 0.780 e. The van der Waals surface area contributed by atoms with Gasteiger partial charge >= 0.3 is 0 Å². The minimum absolute atomic E-state index is 0.0812. The molecule has 11 heteroatoms. The summed E-state index contributed by atoms with van der Waals surface area (Å²) in [7, 11) is -2.35. The molecule has 29 heavy (non-hydrogen) atoms. The van der Waals surface area contributed by atoms with Gasteiger partial charge < -0.3 is 37.8 Å². The highest BCUT2D eigenvalue weighted by Crippen LogP contribution is 2.47. The van der Waals surface area contributed by atoms with Gasteiger partial charge in [0.2, 0.25) is 12.5 Å². The van der Waals surface area contributed by atoms with E-state index in [1.54, 1.807) is 29.6 Å². The van der Waals surface area contributed by atoms with Crippen LogP contribution in [0.15, 0.2) is 35.7 Å². The van der Waals surface area contributed by atoms with E-state index in [9.17, 15) is 14.4 Å². The number of nitrogens with zero attached hydrogens (tertiary/aromatic N) is 1. The third kappa shape index (κ3) is 3.88. The topological polar surface area (TPSA) is 122 Å². The van der Waals surface area contributed by atoms with Gasteiger partial charge in [0.25, 0.3) is 0 Å². The van der Waals surface area contributed by atoms with Crippen molar-refractivity contribution in [3.63, 3.8) is 0 Å². The Hall–Kier alpha value is -2.78. The number of rotatable bonds is 6. The highest BCUT2D eigenvalue weighted by atomic mass is 32.1. The maximum atomic E-state index is 11.2. The van der Waals surface area contributed by atoms with E-state index in [2.05, 4.69) is 8.90 Å². The molecule has 1 aliphatic rings. The molecular weight excluding hydrogens is 421 g/mol. The number of ether oxygens (including phenoxy) is 4. The molecule has 152 valence electrons. The van der Waals surface area contributed by atoms with E-state index in [-0.39, 0.29) is 12.5 Å². The Morgan fingerprint density at radius 3 is 2.62 bits per heavy atom. The summed E-state index contributed by atoms with van der Waals surface area (Å²) in [6.45, 7) is 0.0812.